The van der Waals surface area contributed by atoms with Gasteiger partial charge in [0.05, 0.1) is 17.8 Å². The molecule has 11 heteroatoms. The Labute approximate surface area is 195 Å². The smallest absolute Gasteiger partial charge is 0.243 e. The van der Waals surface area contributed by atoms with E-state index in [1.807, 2.05) is 0 Å². The molecule has 1 N–H and O–H groups in total. The van der Waals surface area contributed by atoms with Gasteiger partial charge in [-0.15, -0.1) is 10.2 Å². The monoisotopic (exact) mass is 490 g/mol. The van der Waals surface area contributed by atoms with E-state index in [2.05, 4.69) is 15.5 Å². The maximum Gasteiger partial charge on any atom is 0.243 e. The Bertz CT molecular complexity index is 1170. The first-order valence-electron chi connectivity index (χ1n) is 9.96. The highest BCUT2D eigenvalue weighted by atomic mass is 32.2. The third-order valence-electron chi connectivity index (χ3n) is 4.91. The van der Waals surface area contributed by atoms with Gasteiger partial charge in [0.1, 0.15) is 10.8 Å². The van der Waals surface area contributed by atoms with E-state index >= 15 is 0 Å². The molecule has 1 fully saturated rings. The summed E-state index contributed by atoms with van der Waals surface area (Å²) in [6.45, 7) is 1.15. The van der Waals surface area contributed by atoms with Crippen molar-refractivity contribution < 1.29 is 17.9 Å². The number of nitrogens with zero attached hydrogens (tertiary/aromatic N) is 3. The van der Waals surface area contributed by atoms with Crippen LogP contribution < -0.4 is 10.1 Å². The molecule has 0 spiro atoms. The van der Waals surface area contributed by atoms with Crippen molar-refractivity contribution in [1.82, 2.24) is 14.5 Å². The van der Waals surface area contributed by atoms with E-state index in [4.69, 9.17) is 4.74 Å². The molecule has 1 aromatic heterocycles. The first kappa shape index (κ1) is 22.7. The normalized spacial score (nSPS) is 14.4. The Morgan fingerprint density at radius 2 is 1.78 bits per heavy atom. The molecular formula is C21H22N4O4S3. The van der Waals surface area contributed by atoms with Crippen molar-refractivity contribution in [3.05, 3.63) is 48.5 Å². The molecule has 0 radical (unpaired) electrons. The zero-order valence-electron chi connectivity index (χ0n) is 17.4. The van der Waals surface area contributed by atoms with Crippen molar-refractivity contribution >= 4 is 44.7 Å². The maximum absolute atomic E-state index is 12.7. The number of amides is 1. The van der Waals surface area contributed by atoms with Gasteiger partial charge in [0.25, 0.3) is 0 Å². The second-order valence-corrected chi connectivity index (χ2v) is 11.2. The lowest BCUT2D eigenvalue weighted by atomic mass is 10.2. The van der Waals surface area contributed by atoms with Gasteiger partial charge < -0.3 is 10.1 Å². The van der Waals surface area contributed by atoms with Crippen LogP contribution in [0.4, 0.5) is 5.69 Å². The number of aromatic nitrogens is 2. The van der Waals surface area contributed by atoms with Gasteiger partial charge >= 0.3 is 0 Å². The van der Waals surface area contributed by atoms with Gasteiger partial charge in [0, 0.05) is 24.3 Å². The van der Waals surface area contributed by atoms with Gasteiger partial charge in [-0.2, -0.15) is 4.31 Å². The van der Waals surface area contributed by atoms with Crippen LogP contribution in [0.5, 0.6) is 5.75 Å². The Hall–Kier alpha value is -2.47. The average molecular weight is 491 g/mol. The Morgan fingerprint density at radius 1 is 1.09 bits per heavy atom. The van der Waals surface area contributed by atoms with Crippen LogP contribution in [0.25, 0.3) is 10.6 Å². The molecule has 0 atom stereocenters. The quantitative estimate of drug-likeness (QED) is 0.480. The highest BCUT2D eigenvalue weighted by molar-refractivity contribution is 8.01. The number of carbonyl (C=O) groups excluding carboxylic acids is 1. The zero-order valence-corrected chi connectivity index (χ0v) is 19.8. The van der Waals surface area contributed by atoms with Crippen LogP contribution in [-0.4, -0.2) is 54.8 Å². The molecule has 2 aromatic carbocycles. The predicted molar refractivity (Wildman–Crippen MR) is 126 cm³/mol. The van der Waals surface area contributed by atoms with E-state index < -0.39 is 10.0 Å². The standard InChI is InChI=1S/C21H22N4O4S3/c1-29-17-8-6-16(7-9-17)22-19(26)14-30-21-24-23-20(31-21)15-4-10-18(11-5-15)32(27,28)25-12-2-3-13-25/h4-11H,2-3,12-14H2,1H3,(H,22,26). The first-order chi connectivity index (χ1) is 15.5. The second-order valence-electron chi connectivity index (χ2n) is 7.07. The number of ether oxygens (including phenoxy) is 1. The average Bonchev–Trinajstić information content (AvgIpc) is 3.51. The predicted octanol–water partition coefficient (Wildman–Crippen LogP) is 3.73. The number of hydrogen-bond acceptors (Lipinski definition) is 8. The van der Waals surface area contributed by atoms with Crippen LogP contribution in [0.1, 0.15) is 12.8 Å². The summed E-state index contributed by atoms with van der Waals surface area (Å²) in [6.07, 6.45) is 1.81. The number of nitrogens with one attached hydrogen (secondary N) is 1. The van der Waals surface area contributed by atoms with Crippen LogP contribution in [0.15, 0.2) is 57.8 Å². The van der Waals surface area contributed by atoms with E-state index in [-0.39, 0.29) is 16.6 Å². The van der Waals surface area contributed by atoms with Crippen molar-refractivity contribution in [2.75, 3.05) is 31.3 Å². The number of sulfonamides is 1. The molecule has 1 saturated heterocycles. The minimum absolute atomic E-state index is 0.145. The van der Waals surface area contributed by atoms with Gasteiger partial charge in [-0.25, -0.2) is 8.42 Å². The number of thioether (sulfide) groups is 1. The SMILES string of the molecule is COc1ccc(NC(=O)CSc2nnc(-c3ccc(S(=O)(=O)N4CCCC4)cc3)s2)cc1. The molecule has 0 saturated carbocycles. The van der Waals surface area contributed by atoms with Crippen LogP contribution in [0.2, 0.25) is 0 Å². The highest BCUT2D eigenvalue weighted by Gasteiger charge is 2.27. The first-order valence-corrected chi connectivity index (χ1v) is 13.2. The number of anilines is 1. The molecule has 0 aliphatic carbocycles. The van der Waals surface area contributed by atoms with Gasteiger partial charge in [0.15, 0.2) is 4.34 Å². The highest BCUT2D eigenvalue weighted by Crippen LogP contribution is 2.31. The van der Waals surface area contributed by atoms with Crippen LogP contribution in [0.3, 0.4) is 0 Å². The molecule has 8 nitrogen and oxygen atoms in total. The number of hydrogen-bond donors (Lipinski definition) is 1. The molecular weight excluding hydrogens is 468 g/mol. The summed E-state index contributed by atoms with van der Waals surface area (Å²) < 4.78 is 32.6. The molecule has 1 aliphatic rings. The number of benzene rings is 2. The number of rotatable bonds is 8. The maximum atomic E-state index is 12.7. The zero-order chi connectivity index (χ0) is 22.6. The van der Waals surface area contributed by atoms with Crippen molar-refractivity contribution in [2.24, 2.45) is 0 Å². The summed E-state index contributed by atoms with van der Waals surface area (Å²) in [5, 5.41) is 11.8. The minimum Gasteiger partial charge on any atom is -0.497 e. The van der Waals surface area contributed by atoms with Gasteiger partial charge in [0.2, 0.25) is 15.9 Å². The van der Waals surface area contributed by atoms with E-state index in [1.165, 1.54) is 27.4 Å². The summed E-state index contributed by atoms with van der Waals surface area (Å²) in [5.41, 5.74) is 1.48. The summed E-state index contributed by atoms with van der Waals surface area (Å²) in [6, 6.07) is 13.8. The van der Waals surface area contributed by atoms with E-state index in [9.17, 15) is 13.2 Å². The molecule has 4 rings (SSSR count). The van der Waals surface area contributed by atoms with Crippen molar-refractivity contribution in [3.63, 3.8) is 0 Å². The van der Waals surface area contributed by atoms with Gasteiger partial charge in [-0.1, -0.05) is 35.2 Å². The molecule has 3 aromatic rings. The molecule has 0 unspecified atom stereocenters. The lowest BCUT2D eigenvalue weighted by Gasteiger charge is -2.15. The Kier molecular flexibility index (Phi) is 7.09. The number of carbonyl (C=O) groups is 1. The fraction of sp³-hybridized carbons (Fsp3) is 0.286. The summed E-state index contributed by atoms with van der Waals surface area (Å²) in [7, 11) is -1.85. The lowest BCUT2D eigenvalue weighted by Crippen LogP contribution is -2.27. The molecule has 168 valence electrons. The Morgan fingerprint density at radius 3 is 2.44 bits per heavy atom. The minimum atomic E-state index is -3.44. The molecule has 1 aliphatic heterocycles. The molecule has 0 bridgehead atoms. The largest absolute Gasteiger partial charge is 0.497 e. The van der Waals surface area contributed by atoms with E-state index in [0.717, 1.165) is 24.2 Å². The van der Waals surface area contributed by atoms with Crippen LogP contribution in [-0.2, 0) is 14.8 Å². The molecule has 2 heterocycles. The third kappa shape index (κ3) is 5.29. The molecule has 1 amide bonds. The van der Waals surface area contributed by atoms with Crippen molar-refractivity contribution in [3.8, 4) is 16.3 Å². The summed E-state index contributed by atoms with van der Waals surface area (Å²) in [4.78, 5) is 12.5. The fourth-order valence-electron chi connectivity index (χ4n) is 3.23. The lowest BCUT2D eigenvalue weighted by molar-refractivity contribution is -0.113. The third-order valence-corrected chi connectivity index (χ3v) is 8.93. The second kappa shape index (κ2) is 9.99. The van der Waals surface area contributed by atoms with Crippen LogP contribution >= 0.6 is 23.1 Å². The summed E-state index contributed by atoms with van der Waals surface area (Å²) in [5.74, 6) is 0.780. The molecule has 32 heavy (non-hydrogen) atoms. The summed E-state index contributed by atoms with van der Waals surface area (Å²) >= 11 is 2.66. The fourth-order valence-corrected chi connectivity index (χ4v) is 6.40. The van der Waals surface area contributed by atoms with Gasteiger partial charge in [-0.3, -0.25) is 4.79 Å². The van der Waals surface area contributed by atoms with E-state index in [1.54, 1.807) is 55.6 Å². The van der Waals surface area contributed by atoms with Crippen LogP contribution in [0, 0.1) is 0 Å². The van der Waals surface area contributed by atoms with E-state index in [0.29, 0.717) is 28.1 Å². The van der Waals surface area contributed by atoms with Crippen molar-refractivity contribution in [2.45, 2.75) is 22.1 Å². The topological polar surface area (TPSA) is 101 Å². The Balaban J connectivity index is 1.34. The van der Waals surface area contributed by atoms with Gasteiger partial charge in [-0.05, 0) is 49.2 Å². The van der Waals surface area contributed by atoms with Crippen molar-refractivity contribution in [1.29, 1.82) is 0 Å². The number of methoxy groups -OCH3 is 1.